The fourth-order valence-corrected chi connectivity index (χ4v) is 2.25. The number of aliphatic hydroxyl groups excluding tert-OH is 1. The molecule has 0 saturated carbocycles. The third kappa shape index (κ3) is 2.87. The van der Waals surface area contributed by atoms with Crippen molar-refractivity contribution in [2.45, 2.75) is 18.0 Å². The molecule has 1 aliphatic rings. The van der Waals surface area contributed by atoms with Crippen molar-refractivity contribution in [2.75, 3.05) is 19.7 Å². The van der Waals surface area contributed by atoms with Crippen LogP contribution in [0.1, 0.15) is 11.5 Å². The van der Waals surface area contributed by atoms with Gasteiger partial charge < -0.3 is 21.5 Å². The molecule has 5 heteroatoms. The second-order valence-electron chi connectivity index (χ2n) is 4.58. The van der Waals surface area contributed by atoms with Gasteiger partial charge in [0.1, 0.15) is 6.04 Å². The smallest absolute Gasteiger partial charge is 0.239 e. The van der Waals surface area contributed by atoms with Crippen molar-refractivity contribution >= 4 is 5.91 Å². The zero-order valence-electron chi connectivity index (χ0n) is 10.2. The molecule has 0 aromatic heterocycles. The van der Waals surface area contributed by atoms with E-state index in [9.17, 15) is 4.79 Å². The number of rotatable bonds is 4. The molecule has 3 unspecified atom stereocenters. The Hall–Kier alpha value is -1.43. The van der Waals surface area contributed by atoms with Gasteiger partial charge >= 0.3 is 0 Å². The Kier molecular flexibility index (Phi) is 4.30. The fraction of sp³-hybridized carbons (Fsp3) is 0.462. The number of carbonyl (C=O) groups is 1. The van der Waals surface area contributed by atoms with Crippen LogP contribution in [-0.4, -0.2) is 42.8 Å². The Morgan fingerprint density at radius 3 is 2.83 bits per heavy atom. The fourth-order valence-electron chi connectivity index (χ4n) is 2.25. The highest BCUT2D eigenvalue weighted by Gasteiger charge is 2.30. The first kappa shape index (κ1) is 13.0. The number of nitrogens with two attached hydrogens (primary N) is 1. The maximum absolute atomic E-state index is 11.7. The molecule has 0 radical (unpaired) electrons. The summed E-state index contributed by atoms with van der Waals surface area (Å²) in [6.45, 7) is 1.23. The lowest BCUT2D eigenvalue weighted by atomic mass is 9.94. The van der Waals surface area contributed by atoms with Gasteiger partial charge in [0.2, 0.25) is 5.91 Å². The standard InChI is InChI=1S/C13H19N3O2/c14-11(8-17)13(18)16-12-7-15-6-10(12)9-4-2-1-3-5-9/h1-5,10-12,15,17H,6-8,14H2,(H,16,18). The lowest BCUT2D eigenvalue weighted by Gasteiger charge is -2.21. The van der Waals surface area contributed by atoms with Gasteiger partial charge in [0.15, 0.2) is 0 Å². The molecule has 0 spiro atoms. The van der Waals surface area contributed by atoms with Crippen LogP contribution in [-0.2, 0) is 4.79 Å². The van der Waals surface area contributed by atoms with E-state index in [4.69, 9.17) is 10.8 Å². The summed E-state index contributed by atoms with van der Waals surface area (Å²) in [4.78, 5) is 11.7. The second kappa shape index (κ2) is 5.95. The molecular formula is C13H19N3O2. The quantitative estimate of drug-likeness (QED) is 0.561. The first-order valence-electron chi connectivity index (χ1n) is 6.15. The van der Waals surface area contributed by atoms with Crippen LogP contribution in [0.5, 0.6) is 0 Å². The summed E-state index contributed by atoms with van der Waals surface area (Å²) in [6.07, 6.45) is 0. The number of benzene rings is 1. The van der Waals surface area contributed by atoms with Gasteiger partial charge in [0, 0.05) is 25.0 Å². The molecule has 5 N–H and O–H groups in total. The van der Waals surface area contributed by atoms with E-state index in [1.54, 1.807) is 0 Å². The average Bonchev–Trinajstić information content (AvgIpc) is 2.86. The summed E-state index contributed by atoms with van der Waals surface area (Å²) in [5.41, 5.74) is 6.70. The van der Waals surface area contributed by atoms with E-state index in [2.05, 4.69) is 22.8 Å². The van der Waals surface area contributed by atoms with E-state index in [1.165, 1.54) is 5.56 Å². The van der Waals surface area contributed by atoms with Crippen LogP contribution in [0.4, 0.5) is 0 Å². The van der Waals surface area contributed by atoms with Gasteiger partial charge in [-0.2, -0.15) is 0 Å². The molecular weight excluding hydrogens is 230 g/mol. The first-order valence-corrected chi connectivity index (χ1v) is 6.15. The first-order chi connectivity index (χ1) is 8.72. The zero-order chi connectivity index (χ0) is 13.0. The predicted molar refractivity (Wildman–Crippen MR) is 69.0 cm³/mol. The summed E-state index contributed by atoms with van der Waals surface area (Å²) in [5.74, 6) is -0.0480. The molecule has 0 aliphatic carbocycles. The summed E-state index contributed by atoms with van der Waals surface area (Å²) in [6, 6.07) is 9.25. The monoisotopic (exact) mass is 249 g/mol. The van der Waals surface area contributed by atoms with Gasteiger partial charge in [-0.15, -0.1) is 0 Å². The molecule has 1 aromatic carbocycles. The molecule has 18 heavy (non-hydrogen) atoms. The molecule has 98 valence electrons. The minimum atomic E-state index is -0.845. The van der Waals surface area contributed by atoms with Crippen molar-refractivity contribution < 1.29 is 9.90 Å². The number of amides is 1. The number of hydrogen-bond donors (Lipinski definition) is 4. The van der Waals surface area contributed by atoms with Crippen molar-refractivity contribution in [2.24, 2.45) is 5.73 Å². The van der Waals surface area contributed by atoms with Crippen LogP contribution in [0.25, 0.3) is 0 Å². The average molecular weight is 249 g/mol. The van der Waals surface area contributed by atoms with Crippen LogP contribution in [0.15, 0.2) is 30.3 Å². The highest BCUT2D eigenvalue weighted by atomic mass is 16.3. The van der Waals surface area contributed by atoms with Crippen LogP contribution in [0, 0.1) is 0 Å². The van der Waals surface area contributed by atoms with Crippen LogP contribution < -0.4 is 16.4 Å². The molecule has 1 fully saturated rings. The minimum Gasteiger partial charge on any atom is -0.394 e. The lowest BCUT2D eigenvalue weighted by molar-refractivity contribution is -0.123. The molecule has 1 heterocycles. The Bertz CT molecular complexity index is 396. The summed E-state index contributed by atoms with van der Waals surface area (Å²) in [5, 5.41) is 15.0. The van der Waals surface area contributed by atoms with E-state index < -0.39 is 6.04 Å². The normalized spacial score (nSPS) is 24.8. The zero-order valence-corrected chi connectivity index (χ0v) is 10.2. The van der Waals surface area contributed by atoms with E-state index in [1.807, 2.05) is 18.2 Å². The topological polar surface area (TPSA) is 87.4 Å². The van der Waals surface area contributed by atoms with Gasteiger partial charge in [0.05, 0.1) is 6.61 Å². The van der Waals surface area contributed by atoms with E-state index >= 15 is 0 Å². The molecule has 1 saturated heterocycles. The predicted octanol–water partition coefficient (Wildman–Crippen LogP) is -0.822. The summed E-state index contributed by atoms with van der Waals surface area (Å²) in [7, 11) is 0. The van der Waals surface area contributed by atoms with Crippen LogP contribution in [0.2, 0.25) is 0 Å². The SMILES string of the molecule is NC(CO)C(=O)NC1CNCC1c1ccccc1. The van der Waals surface area contributed by atoms with Gasteiger partial charge in [-0.3, -0.25) is 4.79 Å². The van der Waals surface area contributed by atoms with Crippen LogP contribution >= 0.6 is 0 Å². The number of hydrogen-bond acceptors (Lipinski definition) is 4. The van der Waals surface area contributed by atoms with E-state index in [0.29, 0.717) is 0 Å². The molecule has 3 atom stereocenters. The van der Waals surface area contributed by atoms with Crippen LogP contribution in [0.3, 0.4) is 0 Å². The highest BCUT2D eigenvalue weighted by Crippen LogP contribution is 2.22. The summed E-state index contributed by atoms with van der Waals surface area (Å²) < 4.78 is 0. The highest BCUT2D eigenvalue weighted by molar-refractivity contribution is 5.82. The third-order valence-corrected chi connectivity index (χ3v) is 3.30. The number of nitrogens with one attached hydrogen (secondary N) is 2. The Balaban J connectivity index is 2.02. The number of carbonyl (C=O) groups excluding carboxylic acids is 1. The number of aliphatic hydroxyl groups is 1. The van der Waals surface area contributed by atoms with Gasteiger partial charge in [-0.1, -0.05) is 30.3 Å². The van der Waals surface area contributed by atoms with E-state index in [-0.39, 0.29) is 24.5 Å². The Labute approximate surface area is 106 Å². The van der Waals surface area contributed by atoms with Crippen molar-refractivity contribution in [3.8, 4) is 0 Å². The van der Waals surface area contributed by atoms with Crippen molar-refractivity contribution in [3.05, 3.63) is 35.9 Å². The van der Waals surface area contributed by atoms with Gasteiger partial charge in [-0.25, -0.2) is 0 Å². The molecule has 1 amide bonds. The molecule has 2 rings (SSSR count). The third-order valence-electron chi connectivity index (χ3n) is 3.30. The largest absolute Gasteiger partial charge is 0.394 e. The van der Waals surface area contributed by atoms with Crippen molar-refractivity contribution in [1.82, 2.24) is 10.6 Å². The molecule has 1 aliphatic heterocycles. The van der Waals surface area contributed by atoms with Crippen molar-refractivity contribution in [3.63, 3.8) is 0 Å². The lowest BCUT2D eigenvalue weighted by Crippen LogP contribution is -2.49. The maximum Gasteiger partial charge on any atom is 0.239 e. The van der Waals surface area contributed by atoms with E-state index in [0.717, 1.165) is 13.1 Å². The van der Waals surface area contributed by atoms with Crippen molar-refractivity contribution in [1.29, 1.82) is 0 Å². The molecule has 0 bridgehead atoms. The molecule has 1 aromatic rings. The Morgan fingerprint density at radius 1 is 1.44 bits per heavy atom. The van der Waals surface area contributed by atoms with Gasteiger partial charge in [-0.05, 0) is 5.56 Å². The Morgan fingerprint density at radius 2 is 2.17 bits per heavy atom. The molecule has 5 nitrogen and oxygen atoms in total. The minimum absolute atomic E-state index is 0.0255. The summed E-state index contributed by atoms with van der Waals surface area (Å²) >= 11 is 0. The maximum atomic E-state index is 11.7. The van der Waals surface area contributed by atoms with Gasteiger partial charge in [0.25, 0.3) is 0 Å². The second-order valence-corrected chi connectivity index (χ2v) is 4.58.